The van der Waals surface area contributed by atoms with Crippen molar-refractivity contribution in [2.75, 3.05) is 11.5 Å². The monoisotopic (exact) mass is 504 g/mol. The average molecular weight is 504 g/mol. The number of hydrogen-bond donors (Lipinski definition) is 1. The Morgan fingerprint density at radius 3 is 2.56 bits per heavy atom. The van der Waals surface area contributed by atoms with Crippen LogP contribution in [0, 0.1) is 6.92 Å². The van der Waals surface area contributed by atoms with Gasteiger partial charge in [-0.3, -0.25) is 4.99 Å². The molecule has 0 aromatic heterocycles. The Morgan fingerprint density at radius 2 is 1.86 bits per heavy atom. The number of aromatic carboxylic acids is 1. The summed E-state index contributed by atoms with van der Waals surface area (Å²) in [5.74, 6) is -0.763. The third kappa shape index (κ3) is 5.48. The summed E-state index contributed by atoms with van der Waals surface area (Å²) in [4.78, 5) is 17.6. The number of carbonyl (C=O) groups is 1. The molecule has 36 heavy (non-hydrogen) atoms. The van der Waals surface area contributed by atoms with Gasteiger partial charge in [-0.05, 0) is 54.4 Å². The van der Waals surface area contributed by atoms with Crippen molar-refractivity contribution in [1.82, 2.24) is 0 Å². The maximum Gasteiger partial charge on any atom is 0.416 e. The number of fused-ring (bicyclic) bond motifs is 1. The summed E-state index contributed by atoms with van der Waals surface area (Å²) in [5, 5.41) is 9.39. The van der Waals surface area contributed by atoms with Gasteiger partial charge in [0.15, 0.2) is 0 Å². The summed E-state index contributed by atoms with van der Waals surface area (Å²) in [6.45, 7) is 1.80. The maximum absolute atomic E-state index is 13.4. The van der Waals surface area contributed by atoms with Gasteiger partial charge in [-0.25, -0.2) is 13.6 Å². The summed E-state index contributed by atoms with van der Waals surface area (Å²) in [5.41, 5.74) is 0.483. The fraction of sp³-hybridized carbons (Fsp3) is 0.231. The third-order valence-electron chi connectivity index (χ3n) is 5.68. The quantitative estimate of drug-likeness (QED) is 0.366. The largest absolute Gasteiger partial charge is 0.485 e. The number of amidine groups is 1. The highest BCUT2D eigenvalue weighted by atomic mass is 19.4. The van der Waals surface area contributed by atoms with Gasteiger partial charge in [0.2, 0.25) is 0 Å². The van der Waals surface area contributed by atoms with Crippen molar-refractivity contribution < 1.29 is 36.6 Å². The first-order chi connectivity index (χ1) is 17.0. The molecule has 188 valence electrons. The number of nitrogens with zero attached hydrogens (tertiary/aromatic N) is 2. The second kappa shape index (κ2) is 9.96. The average Bonchev–Trinajstić information content (AvgIpc) is 2.82. The predicted octanol–water partition coefficient (Wildman–Crippen LogP) is 6.65. The van der Waals surface area contributed by atoms with Crippen LogP contribution in [0.25, 0.3) is 0 Å². The predicted molar refractivity (Wildman–Crippen MR) is 124 cm³/mol. The van der Waals surface area contributed by atoms with Crippen LogP contribution in [-0.4, -0.2) is 23.5 Å². The Balaban J connectivity index is 1.70. The zero-order chi connectivity index (χ0) is 26.0. The molecule has 0 amide bonds. The molecule has 0 saturated heterocycles. The molecule has 3 aromatic rings. The van der Waals surface area contributed by atoms with Crippen LogP contribution in [0.2, 0.25) is 0 Å². The standard InChI is InChI=1S/C26H21F5N2O3/c1-15-6-7-21-18(8-15)12-32-23(14-36-22-5-3-2-4-20(22)25(34)35)33(21)13-16-9-17(24(27)28)11-19(10-16)26(29,30)31/h2-11,24H,12-14H2,1H3,(H,34,35). The first kappa shape index (κ1) is 25.2. The van der Waals surface area contributed by atoms with Gasteiger partial charge in [-0.1, -0.05) is 29.8 Å². The second-order valence-corrected chi connectivity index (χ2v) is 8.30. The fourth-order valence-corrected chi connectivity index (χ4v) is 4.00. The number of carboxylic acid groups (broad SMARTS) is 1. The lowest BCUT2D eigenvalue weighted by atomic mass is 10.0. The molecule has 0 saturated carbocycles. The number of aliphatic imine (C=N–C) groups is 1. The number of aryl methyl sites for hydroxylation is 1. The van der Waals surface area contributed by atoms with Crippen LogP contribution in [0.4, 0.5) is 27.6 Å². The molecular weight excluding hydrogens is 483 g/mol. The van der Waals surface area contributed by atoms with Crippen LogP contribution in [-0.2, 0) is 19.3 Å². The van der Waals surface area contributed by atoms with Crippen molar-refractivity contribution in [2.45, 2.75) is 32.6 Å². The number of ether oxygens (including phenoxy) is 1. The van der Waals surface area contributed by atoms with Gasteiger partial charge >= 0.3 is 12.1 Å². The van der Waals surface area contributed by atoms with Gasteiger partial charge < -0.3 is 14.7 Å². The molecular formula is C26H21F5N2O3. The van der Waals surface area contributed by atoms with Crippen LogP contribution < -0.4 is 9.64 Å². The van der Waals surface area contributed by atoms with Crippen LogP contribution in [0.15, 0.2) is 65.7 Å². The second-order valence-electron chi connectivity index (χ2n) is 8.30. The Bertz CT molecular complexity index is 1320. The van der Waals surface area contributed by atoms with E-state index in [4.69, 9.17) is 4.74 Å². The normalized spacial score (nSPS) is 13.4. The van der Waals surface area contributed by atoms with Crippen LogP contribution in [0.1, 0.15) is 44.6 Å². The topological polar surface area (TPSA) is 62.1 Å². The fourth-order valence-electron chi connectivity index (χ4n) is 4.00. The van der Waals surface area contributed by atoms with Gasteiger partial charge in [0, 0.05) is 17.8 Å². The van der Waals surface area contributed by atoms with Crippen molar-refractivity contribution in [1.29, 1.82) is 0 Å². The van der Waals surface area contributed by atoms with Crippen molar-refractivity contribution in [2.24, 2.45) is 4.99 Å². The Hall–Kier alpha value is -3.95. The molecule has 5 nitrogen and oxygen atoms in total. The van der Waals surface area contributed by atoms with Gasteiger partial charge in [0.1, 0.15) is 23.8 Å². The number of hydrogen-bond acceptors (Lipinski definition) is 4. The van der Waals surface area contributed by atoms with Crippen LogP contribution in [0.5, 0.6) is 5.75 Å². The van der Waals surface area contributed by atoms with E-state index in [1.165, 1.54) is 12.1 Å². The van der Waals surface area contributed by atoms with Gasteiger partial charge in [-0.2, -0.15) is 13.2 Å². The molecule has 1 aliphatic rings. The highest BCUT2D eigenvalue weighted by molar-refractivity contribution is 6.01. The highest BCUT2D eigenvalue weighted by Crippen LogP contribution is 2.35. The summed E-state index contributed by atoms with van der Waals surface area (Å²) >= 11 is 0. The molecule has 0 aliphatic carbocycles. The van der Waals surface area contributed by atoms with E-state index in [1.807, 2.05) is 19.1 Å². The molecule has 1 N–H and O–H groups in total. The molecule has 0 bridgehead atoms. The lowest BCUT2D eigenvalue weighted by molar-refractivity contribution is -0.137. The Kier molecular flexibility index (Phi) is 6.96. The minimum Gasteiger partial charge on any atom is -0.485 e. The minimum absolute atomic E-state index is 0.0205. The number of alkyl halides is 5. The zero-order valence-electron chi connectivity index (χ0n) is 19.0. The van der Waals surface area contributed by atoms with Crippen LogP contribution >= 0.6 is 0 Å². The van der Waals surface area contributed by atoms with E-state index in [0.717, 1.165) is 23.3 Å². The number of carboxylic acids is 1. The van der Waals surface area contributed by atoms with E-state index >= 15 is 0 Å². The molecule has 0 fully saturated rings. The smallest absolute Gasteiger partial charge is 0.416 e. The number of rotatable bonds is 7. The number of para-hydroxylation sites is 1. The zero-order valence-corrected chi connectivity index (χ0v) is 19.0. The molecule has 3 aromatic carbocycles. The number of benzene rings is 3. The Morgan fingerprint density at radius 1 is 1.11 bits per heavy atom. The lowest BCUT2D eigenvalue weighted by Crippen LogP contribution is -2.38. The van der Waals surface area contributed by atoms with Crippen molar-refractivity contribution >= 4 is 17.5 Å². The molecule has 4 rings (SSSR count). The summed E-state index contributed by atoms with van der Waals surface area (Å²) in [6, 6.07) is 13.8. The van der Waals surface area contributed by atoms with Crippen molar-refractivity contribution in [3.8, 4) is 5.75 Å². The van der Waals surface area contributed by atoms with E-state index in [-0.39, 0.29) is 36.6 Å². The van der Waals surface area contributed by atoms with Crippen LogP contribution in [0.3, 0.4) is 0 Å². The van der Waals surface area contributed by atoms with Crippen molar-refractivity contribution in [3.63, 3.8) is 0 Å². The molecule has 1 heterocycles. The molecule has 0 spiro atoms. The van der Waals surface area contributed by atoms with Gasteiger partial charge in [-0.15, -0.1) is 0 Å². The lowest BCUT2D eigenvalue weighted by Gasteiger charge is -2.32. The number of anilines is 1. The van der Waals surface area contributed by atoms with E-state index in [9.17, 15) is 31.9 Å². The molecule has 1 aliphatic heterocycles. The van der Waals surface area contributed by atoms with E-state index in [2.05, 4.69) is 4.99 Å². The molecule has 0 radical (unpaired) electrons. The molecule has 10 heteroatoms. The van der Waals surface area contributed by atoms with Gasteiger partial charge in [0.05, 0.1) is 12.1 Å². The summed E-state index contributed by atoms with van der Waals surface area (Å²) in [6.07, 6.45) is -7.87. The van der Waals surface area contributed by atoms with Gasteiger partial charge in [0.25, 0.3) is 6.43 Å². The highest BCUT2D eigenvalue weighted by Gasteiger charge is 2.32. The first-order valence-corrected chi connectivity index (χ1v) is 10.9. The Labute approximate surface area is 203 Å². The SMILES string of the molecule is Cc1ccc2c(c1)CN=C(COc1ccccc1C(=O)O)N2Cc1cc(C(F)F)cc(C(F)(F)F)c1. The third-order valence-corrected chi connectivity index (χ3v) is 5.68. The van der Waals surface area contributed by atoms with E-state index in [0.29, 0.717) is 17.6 Å². The summed E-state index contributed by atoms with van der Waals surface area (Å²) < 4.78 is 72.8. The first-order valence-electron chi connectivity index (χ1n) is 10.9. The molecule has 0 unspecified atom stereocenters. The van der Waals surface area contributed by atoms with Crippen molar-refractivity contribution in [3.05, 3.63) is 94.0 Å². The maximum atomic E-state index is 13.4. The summed E-state index contributed by atoms with van der Waals surface area (Å²) in [7, 11) is 0. The number of halogens is 5. The molecule has 0 atom stereocenters. The van der Waals surface area contributed by atoms with E-state index in [1.54, 1.807) is 23.1 Å². The minimum atomic E-state index is -4.79. The van der Waals surface area contributed by atoms with E-state index < -0.39 is 29.7 Å².